The number of fused-ring (bicyclic) bond motifs is 1. The summed E-state index contributed by atoms with van der Waals surface area (Å²) in [6.45, 7) is 0.689. The van der Waals surface area contributed by atoms with E-state index < -0.39 is 0 Å². The van der Waals surface area contributed by atoms with Gasteiger partial charge in [0.05, 0.1) is 5.39 Å². The zero-order valence-electron chi connectivity index (χ0n) is 12.5. The molecule has 23 heavy (non-hydrogen) atoms. The molecule has 2 N–H and O–H groups in total. The Morgan fingerprint density at radius 2 is 2.13 bits per heavy atom. The van der Waals surface area contributed by atoms with E-state index >= 15 is 0 Å². The average molecular weight is 324 g/mol. The zero-order chi connectivity index (χ0) is 15.6. The number of hydrogen-bond acceptors (Lipinski definition) is 5. The van der Waals surface area contributed by atoms with Crippen LogP contribution in [0.5, 0.6) is 0 Å². The highest BCUT2D eigenvalue weighted by atomic mass is 32.1. The molecule has 0 saturated carbocycles. The van der Waals surface area contributed by atoms with Crippen LogP contribution in [0.1, 0.15) is 12.8 Å². The molecule has 116 valence electrons. The molecular formula is C17H16N4OS. The minimum atomic E-state index is 0.131. The number of anilines is 1. The van der Waals surface area contributed by atoms with Gasteiger partial charge in [-0.15, -0.1) is 11.3 Å². The lowest BCUT2D eigenvalue weighted by molar-refractivity contribution is -0.119. The molecule has 1 amide bonds. The Labute approximate surface area is 137 Å². The standard InChI is InChI=1S/C17H16N4OS/c22-15-7-6-12(21-15)9-18-16-13-8-14(11-4-2-1-3-5-11)23-17(13)20-10-19-16/h1-5,8,10,12H,6-7,9H2,(H,21,22)(H,18,19,20)/t12-/m1/s1. The molecule has 2 aromatic heterocycles. The maximum atomic E-state index is 11.3. The molecule has 1 fully saturated rings. The molecule has 1 aliphatic rings. The molecule has 1 saturated heterocycles. The Hall–Kier alpha value is -2.47. The first-order chi connectivity index (χ1) is 11.3. The second-order valence-electron chi connectivity index (χ2n) is 5.60. The summed E-state index contributed by atoms with van der Waals surface area (Å²) in [6.07, 6.45) is 3.07. The Bertz CT molecular complexity index is 846. The van der Waals surface area contributed by atoms with Gasteiger partial charge in [-0.1, -0.05) is 30.3 Å². The number of benzene rings is 1. The average Bonchev–Trinajstić information content (AvgIpc) is 3.20. The van der Waals surface area contributed by atoms with E-state index in [9.17, 15) is 4.79 Å². The van der Waals surface area contributed by atoms with Crippen LogP contribution in [0.2, 0.25) is 0 Å². The number of carbonyl (C=O) groups is 1. The van der Waals surface area contributed by atoms with E-state index in [1.165, 1.54) is 10.4 Å². The monoisotopic (exact) mass is 324 g/mol. The van der Waals surface area contributed by atoms with Crippen LogP contribution in [0.15, 0.2) is 42.7 Å². The molecule has 0 unspecified atom stereocenters. The third-order valence-electron chi connectivity index (χ3n) is 3.99. The SMILES string of the molecule is O=C1CC[C@H](CNc2ncnc3sc(-c4ccccc4)cc23)N1. The lowest BCUT2D eigenvalue weighted by Crippen LogP contribution is -2.32. The smallest absolute Gasteiger partial charge is 0.220 e. The number of hydrogen-bond donors (Lipinski definition) is 2. The highest BCUT2D eigenvalue weighted by molar-refractivity contribution is 7.21. The summed E-state index contributed by atoms with van der Waals surface area (Å²) in [4.78, 5) is 22.2. The fourth-order valence-electron chi connectivity index (χ4n) is 2.79. The molecule has 1 atom stereocenters. The second kappa shape index (κ2) is 5.96. The first-order valence-electron chi connectivity index (χ1n) is 7.63. The van der Waals surface area contributed by atoms with Gasteiger partial charge in [0.15, 0.2) is 0 Å². The Kier molecular flexibility index (Phi) is 3.67. The van der Waals surface area contributed by atoms with Crippen LogP contribution in [0.4, 0.5) is 5.82 Å². The fourth-order valence-corrected chi connectivity index (χ4v) is 3.80. The van der Waals surface area contributed by atoms with Gasteiger partial charge in [-0.2, -0.15) is 0 Å². The largest absolute Gasteiger partial charge is 0.367 e. The summed E-state index contributed by atoms with van der Waals surface area (Å²) in [5, 5.41) is 7.35. The molecule has 1 aliphatic heterocycles. The van der Waals surface area contributed by atoms with Crippen molar-refractivity contribution in [3.63, 3.8) is 0 Å². The van der Waals surface area contributed by atoms with Crippen LogP contribution in [-0.4, -0.2) is 28.5 Å². The highest BCUT2D eigenvalue weighted by Crippen LogP contribution is 2.34. The van der Waals surface area contributed by atoms with Gasteiger partial charge in [-0.25, -0.2) is 9.97 Å². The lowest BCUT2D eigenvalue weighted by Gasteiger charge is -2.11. The summed E-state index contributed by atoms with van der Waals surface area (Å²) >= 11 is 1.66. The number of rotatable bonds is 4. The van der Waals surface area contributed by atoms with E-state index in [1.54, 1.807) is 17.7 Å². The van der Waals surface area contributed by atoms with Crippen LogP contribution in [0.25, 0.3) is 20.7 Å². The summed E-state index contributed by atoms with van der Waals surface area (Å²) in [5.74, 6) is 0.959. The number of aromatic nitrogens is 2. The molecule has 1 aromatic carbocycles. The highest BCUT2D eigenvalue weighted by Gasteiger charge is 2.20. The van der Waals surface area contributed by atoms with Crippen molar-refractivity contribution in [3.05, 3.63) is 42.7 Å². The van der Waals surface area contributed by atoms with E-state index in [1.807, 2.05) is 18.2 Å². The number of nitrogens with one attached hydrogen (secondary N) is 2. The zero-order valence-corrected chi connectivity index (χ0v) is 13.3. The van der Waals surface area contributed by atoms with Crippen molar-refractivity contribution in [3.8, 4) is 10.4 Å². The number of thiophene rings is 1. The summed E-state index contributed by atoms with van der Waals surface area (Å²) in [5.41, 5.74) is 1.18. The first-order valence-corrected chi connectivity index (χ1v) is 8.44. The van der Waals surface area contributed by atoms with Crippen LogP contribution in [-0.2, 0) is 4.79 Å². The Morgan fingerprint density at radius 3 is 2.91 bits per heavy atom. The topological polar surface area (TPSA) is 66.9 Å². The van der Waals surface area contributed by atoms with E-state index in [0.717, 1.165) is 22.5 Å². The predicted molar refractivity (Wildman–Crippen MR) is 92.5 cm³/mol. The maximum Gasteiger partial charge on any atom is 0.220 e. The molecule has 0 spiro atoms. The van der Waals surface area contributed by atoms with Gasteiger partial charge in [-0.3, -0.25) is 4.79 Å². The third-order valence-corrected chi connectivity index (χ3v) is 5.08. The van der Waals surface area contributed by atoms with Crippen molar-refractivity contribution in [2.45, 2.75) is 18.9 Å². The summed E-state index contributed by atoms with van der Waals surface area (Å²) in [7, 11) is 0. The van der Waals surface area contributed by atoms with Crippen molar-refractivity contribution in [1.82, 2.24) is 15.3 Å². The number of nitrogens with zero attached hydrogens (tertiary/aromatic N) is 2. The van der Waals surface area contributed by atoms with Gasteiger partial charge in [0, 0.05) is 23.9 Å². The molecular weight excluding hydrogens is 308 g/mol. The lowest BCUT2D eigenvalue weighted by atomic mass is 10.2. The van der Waals surface area contributed by atoms with Crippen molar-refractivity contribution >= 4 is 33.3 Å². The van der Waals surface area contributed by atoms with Gasteiger partial charge >= 0.3 is 0 Å². The van der Waals surface area contributed by atoms with Gasteiger partial charge in [0.1, 0.15) is 17.0 Å². The van der Waals surface area contributed by atoms with Gasteiger partial charge < -0.3 is 10.6 Å². The van der Waals surface area contributed by atoms with Gasteiger partial charge in [0.2, 0.25) is 5.91 Å². The molecule has 5 nitrogen and oxygen atoms in total. The van der Waals surface area contributed by atoms with Crippen molar-refractivity contribution < 1.29 is 4.79 Å². The normalized spacial score (nSPS) is 17.4. The molecule has 3 aromatic rings. The molecule has 0 bridgehead atoms. The molecule has 4 rings (SSSR count). The minimum Gasteiger partial charge on any atom is -0.367 e. The van der Waals surface area contributed by atoms with Crippen LogP contribution in [0, 0.1) is 0 Å². The van der Waals surface area contributed by atoms with Gasteiger partial charge in [0.25, 0.3) is 0 Å². The fraction of sp³-hybridized carbons (Fsp3) is 0.235. The molecule has 0 radical (unpaired) electrons. The molecule has 3 heterocycles. The van der Waals surface area contributed by atoms with Gasteiger partial charge in [-0.05, 0) is 18.1 Å². The first kappa shape index (κ1) is 14.1. The van der Waals surface area contributed by atoms with E-state index in [-0.39, 0.29) is 11.9 Å². The third kappa shape index (κ3) is 2.90. The maximum absolute atomic E-state index is 11.3. The quantitative estimate of drug-likeness (QED) is 0.774. The van der Waals surface area contributed by atoms with E-state index in [0.29, 0.717) is 13.0 Å². The minimum absolute atomic E-state index is 0.131. The predicted octanol–water partition coefficient (Wildman–Crippen LogP) is 3.05. The number of carbonyl (C=O) groups excluding carboxylic acids is 1. The van der Waals surface area contributed by atoms with E-state index in [4.69, 9.17) is 0 Å². The van der Waals surface area contributed by atoms with Crippen molar-refractivity contribution in [2.24, 2.45) is 0 Å². The van der Waals surface area contributed by atoms with Crippen LogP contribution in [0.3, 0.4) is 0 Å². The molecule has 0 aliphatic carbocycles. The van der Waals surface area contributed by atoms with Crippen LogP contribution < -0.4 is 10.6 Å². The molecule has 6 heteroatoms. The second-order valence-corrected chi connectivity index (χ2v) is 6.63. The Balaban J connectivity index is 1.60. The Morgan fingerprint density at radius 1 is 1.26 bits per heavy atom. The summed E-state index contributed by atoms with van der Waals surface area (Å²) in [6, 6.07) is 12.6. The van der Waals surface area contributed by atoms with Crippen LogP contribution >= 0.6 is 11.3 Å². The van der Waals surface area contributed by atoms with Crippen molar-refractivity contribution in [1.29, 1.82) is 0 Å². The van der Waals surface area contributed by atoms with Crippen molar-refractivity contribution in [2.75, 3.05) is 11.9 Å². The summed E-state index contributed by atoms with van der Waals surface area (Å²) < 4.78 is 0. The number of amides is 1. The van der Waals surface area contributed by atoms with E-state index in [2.05, 4.69) is 38.8 Å².